The molecule has 1 aromatic rings. The number of nitrogens with zero attached hydrogens (tertiary/aromatic N) is 2. The molecular weight excluding hydrogens is 196 g/mol. The molecule has 1 aromatic carbocycles. The maximum absolute atomic E-state index is 6.10. The van der Waals surface area contributed by atoms with E-state index in [1.165, 1.54) is 0 Å². The van der Waals surface area contributed by atoms with Crippen molar-refractivity contribution in [3.05, 3.63) is 41.6 Å². The molecule has 0 aliphatic carbocycles. The fourth-order valence-electron chi connectivity index (χ4n) is 1.44. The Balaban J connectivity index is 2.36. The van der Waals surface area contributed by atoms with Gasteiger partial charge in [-0.15, -0.1) is 0 Å². The minimum Gasteiger partial charge on any atom is -0.324 e. The van der Waals surface area contributed by atoms with E-state index < -0.39 is 0 Å². The highest BCUT2D eigenvalue weighted by Crippen LogP contribution is 2.28. The summed E-state index contributed by atoms with van der Waals surface area (Å²) in [5, 5.41) is 0.751. The highest BCUT2D eigenvalue weighted by atomic mass is 35.5. The highest BCUT2D eigenvalue weighted by Gasteiger charge is 2.14. The maximum atomic E-state index is 6.10. The van der Waals surface area contributed by atoms with Crippen LogP contribution in [0.25, 0.3) is 0 Å². The zero-order valence-corrected chi connectivity index (χ0v) is 8.65. The van der Waals surface area contributed by atoms with Gasteiger partial charge in [0.1, 0.15) is 6.17 Å². The molecule has 3 heteroatoms. The van der Waals surface area contributed by atoms with Crippen LogP contribution in [0, 0.1) is 0 Å². The summed E-state index contributed by atoms with van der Waals surface area (Å²) in [4.78, 5) is 6.33. The lowest BCUT2D eigenvalue weighted by atomic mass is 10.2. The van der Waals surface area contributed by atoms with Crippen molar-refractivity contribution in [1.29, 1.82) is 0 Å². The molecule has 0 aromatic heterocycles. The predicted molar refractivity (Wildman–Crippen MR) is 61.0 cm³/mol. The smallest absolute Gasteiger partial charge is 0.122 e. The molecule has 0 spiro atoms. The average Bonchev–Trinajstić information content (AvgIpc) is 2.20. The van der Waals surface area contributed by atoms with Gasteiger partial charge in [0.25, 0.3) is 0 Å². The topological polar surface area (TPSA) is 15.6 Å². The number of halogens is 1. The Labute approximate surface area is 88.5 Å². The molecule has 1 atom stereocenters. The molecule has 0 fully saturated rings. The van der Waals surface area contributed by atoms with Gasteiger partial charge in [-0.2, -0.15) is 0 Å². The molecule has 1 heterocycles. The van der Waals surface area contributed by atoms with Crippen molar-refractivity contribution >= 4 is 23.5 Å². The quantitative estimate of drug-likeness (QED) is 0.690. The van der Waals surface area contributed by atoms with E-state index in [4.69, 9.17) is 11.6 Å². The van der Waals surface area contributed by atoms with E-state index >= 15 is 0 Å². The first-order valence-electron chi connectivity index (χ1n) is 4.52. The van der Waals surface area contributed by atoms with Crippen LogP contribution in [-0.4, -0.2) is 12.4 Å². The molecule has 1 aliphatic rings. The van der Waals surface area contributed by atoms with Crippen molar-refractivity contribution in [1.82, 2.24) is 0 Å². The van der Waals surface area contributed by atoms with Crippen LogP contribution in [0.2, 0.25) is 5.02 Å². The van der Waals surface area contributed by atoms with Gasteiger partial charge in [0.05, 0.1) is 10.7 Å². The predicted octanol–water partition coefficient (Wildman–Crippen LogP) is 3.09. The molecule has 1 unspecified atom stereocenters. The number of allylic oxidation sites excluding steroid dienone is 1. The van der Waals surface area contributed by atoms with Crippen LogP contribution in [0.4, 0.5) is 5.69 Å². The van der Waals surface area contributed by atoms with E-state index in [2.05, 4.69) is 4.99 Å². The summed E-state index contributed by atoms with van der Waals surface area (Å²) in [7, 11) is 0. The zero-order chi connectivity index (χ0) is 9.97. The molecule has 0 N–H and O–H groups in total. The van der Waals surface area contributed by atoms with Gasteiger partial charge >= 0.3 is 0 Å². The molecule has 14 heavy (non-hydrogen) atoms. The zero-order valence-electron chi connectivity index (χ0n) is 7.89. The lowest BCUT2D eigenvalue weighted by Crippen LogP contribution is -2.28. The van der Waals surface area contributed by atoms with Crippen molar-refractivity contribution in [2.75, 3.05) is 4.90 Å². The average molecular weight is 207 g/mol. The van der Waals surface area contributed by atoms with Crippen molar-refractivity contribution in [2.45, 2.75) is 13.1 Å². The summed E-state index contributed by atoms with van der Waals surface area (Å²) in [5.41, 5.74) is 0.995. The van der Waals surface area contributed by atoms with Crippen LogP contribution in [0.1, 0.15) is 6.92 Å². The van der Waals surface area contributed by atoms with Crippen molar-refractivity contribution < 1.29 is 0 Å². The van der Waals surface area contributed by atoms with Gasteiger partial charge in [-0.05, 0) is 25.1 Å². The van der Waals surface area contributed by atoms with Crippen LogP contribution in [-0.2, 0) is 0 Å². The van der Waals surface area contributed by atoms with Crippen LogP contribution >= 0.6 is 11.6 Å². The molecule has 1 aliphatic heterocycles. The third-order valence-electron chi connectivity index (χ3n) is 2.17. The van der Waals surface area contributed by atoms with Gasteiger partial charge in [0.2, 0.25) is 0 Å². The second-order valence-electron chi connectivity index (χ2n) is 3.13. The number of aliphatic imine (C=N–C) groups is 1. The van der Waals surface area contributed by atoms with Gasteiger partial charge in [-0.1, -0.05) is 23.7 Å². The van der Waals surface area contributed by atoms with E-state index in [1.54, 1.807) is 6.21 Å². The Hall–Kier alpha value is -1.28. The van der Waals surface area contributed by atoms with Crippen LogP contribution in [0.3, 0.4) is 0 Å². The molecule has 2 rings (SSSR count). The largest absolute Gasteiger partial charge is 0.324 e. The van der Waals surface area contributed by atoms with Gasteiger partial charge in [0.15, 0.2) is 0 Å². The molecule has 0 saturated carbocycles. The van der Waals surface area contributed by atoms with E-state index in [-0.39, 0.29) is 6.17 Å². The highest BCUT2D eigenvalue weighted by molar-refractivity contribution is 6.33. The van der Waals surface area contributed by atoms with E-state index in [0.29, 0.717) is 0 Å². The molecule has 0 bridgehead atoms. The maximum Gasteiger partial charge on any atom is 0.122 e. The normalized spacial score (nSPS) is 20.1. The summed E-state index contributed by atoms with van der Waals surface area (Å²) in [6.45, 7) is 2.03. The SMILES string of the molecule is CC1N=CC=CN1c1ccccc1Cl. The Morgan fingerprint density at radius 3 is 2.86 bits per heavy atom. The Morgan fingerprint density at radius 2 is 2.14 bits per heavy atom. The first-order chi connectivity index (χ1) is 6.79. The second kappa shape index (κ2) is 3.84. The molecule has 0 saturated heterocycles. The Kier molecular flexibility index (Phi) is 2.55. The monoisotopic (exact) mass is 206 g/mol. The van der Waals surface area contributed by atoms with Crippen molar-refractivity contribution in [2.24, 2.45) is 4.99 Å². The van der Waals surface area contributed by atoms with Gasteiger partial charge in [-0.25, -0.2) is 0 Å². The van der Waals surface area contributed by atoms with Crippen LogP contribution in [0.5, 0.6) is 0 Å². The fourth-order valence-corrected chi connectivity index (χ4v) is 1.68. The third kappa shape index (κ3) is 1.66. The summed E-state index contributed by atoms with van der Waals surface area (Å²) >= 11 is 6.10. The summed E-state index contributed by atoms with van der Waals surface area (Å²) in [5.74, 6) is 0. The Morgan fingerprint density at radius 1 is 1.36 bits per heavy atom. The second-order valence-corrected chi connectivity index (χ2v) is 3.54. The third-order valence-corrected chi connectivity index (χ3v) is 2.49. The summed E-state index contributed by atoms with van der Waals surface area (Å²) in [6.07, 6.45) is 5.81. The summed E-state index contributed by atoms with van der Waals surface area (Å²) < 4.78 is 0. The molecule has 0 amide bonds. The molecule has 72 valence electrons. The summed E-state index contributed by atoms with van der Waals surface area (Å²) in [6, 6.07) is 7.77. The lowest BCUT2D eigenvalue weighted by Gasteiger charge is -2.27. The van der Waals surface area contributed by atoms with Crippen LogP contribution in [0.15, 0.2) is 41.5 Å². The van der Waals surface area contributed by atoms with Gasteiger partial charge in [-0.3, -0.25) is 4.99 Å². The minimum absolute atomic E-state index is 0.111. The Bertz CT molecular complexity index is 385. The van der Waals surface area contributed by atoms with E-state index in [1.807, 2.05) is 48.4 Å². The molecule has 0 radical (unpaired) electrons. The van der Waals surface area contributed by atoms with E-state index in [0.717, 1.165) is 10.7 Å². The molecular formula is C11H11ClN2. The van der Waals surface area contributed by atoms with Gasteiger partial charge in [0, 0.05) is 12.4 Å². The first-order valence-corrected chi connectivity index (χ1v) is 4.89. The van der Waals surface area contributed by atoms with Crippen molar-refractivity contribution in [3.8, 4) is 0 Å². The standard InChI is InChI=1S/C11H11ClN2/c1-9-13-7-4-8-14(9)11-6-3-2-5-10(11)12/h2-9H,1H3. The lowest BCUT2D eigenvalue weighted by molar-refractivity contribution is 0.746. The number of benzene rings is 1. The fraction of sp³-hybridized carbons (Fsp3) is 0.182. The first kappa shape index (κ1) is 9.28. The number of hydrogen-bond donors (Lipinski definition) is 0. The number of hydrogen-bond acceptors (Lipinski definition) is 2. The molecule has 2 nitrogen and oxygen atoms in total. The van der Waals surface area contributed by atoms with E-state index in [9.17, 15) is 0 Å². The van der Waals surface area contributed by atoms with Crippen LogP contribution < -0.4 is 4.90 Å². The number of anilines is 1. The number of para-hydroxylation sites is 1. The number of rotatable bonds is 1. The van der Waals surface area contributed by atoms with Gasteiger partial charge < -0.3 is 4.90 Å². The minimum atomic E-state index is 0.111. The van der Waals surface area contributed by atoms with Crippen molar-refractivity contribution in [3.63, 3.8) is 0 Å².